The molecule has 0 aliphatic heterocycles. The molecule has 0 saturated heterocycles. The van der Waals surface area contributed by atoms with Crippen molar-refractivity contribution in [3.63, 3.8) is 0 Å². The Kier molecular flexibility index (Phi) is 7.74. The molecule has 1 heterocycles. The van der Waals surface area contributed by atoms with E-state index in [-0.39, 0.29) is 6.09 Å². The lowest BCUT2D eigenvalue weighted by molar-refractivity contribution is 0.0534. The summed E-state index contributed by atoms with van der Waals surface area (Å²) >= 11 is 0. The molecule has 1 aromatic heterocycles. The molecule has 0 unspecified atom stereocenters. The van der Waals surface area contributed by atoms with E-state index in [1.807, 2.05) is 32.9 Å². The lowest BCUT2D eigenvalue weighted by Crippen LogP contribution is -2.32. The van der Waals surface area contributed by atoms with Crippen molar-refractivity contribution in [3.8, 4) is 0 Å². The monoisotopic (exact) mass is 307 g/mol. The van der Waals surface area contributed by atoms with Gasteiger partial charge in [-0.25, -0.2) is 4.79 Å². The summed E-state index contributed by atoms with van der Waals surface area (Å²) in [5, 5.41) is 6.03. The molecule has 0 aromatic carbocycles. The van der Waals surface area contributed by atoms with Crippen LogP contribution in [-0.4, -0.2) is 29.4 Å². The van der Waals surface area contributed by atoms with Gasteiger partial charge >= 0.3 is 6.09 Å². The van der Waals surface area contributed by atoms with Gasteiger partial charge in [-0.15, -0.1) is 0 Å². The molecule has 1 amide bonds. The normalized spacial score (nSPS) is 11.8. The van der Waals surface area contributed by atoms with Gasteiger partial charge in [0.2, 0.25) is 0 Å². The first-order valence-electron chi connectivity index (χ1n) is 7.88. The number of rotatable bonds is 8. The predicted octanol–water partition coefficient (Wildman–Crippen LogP) is 3.07. The average Bonchev–Trinajstić information content (AvgIpc) is 2.84. The minimum absolute atomic E-state index is 0.387. The first-order valence-corrected chi connectivity index (χ1v) is 7.88. The molecule has 0 bridgehead atoms. The van der Waals surface area contributed by atoms with Crippen molar-refractivity contribution < 1.29 is 9.53 Å². The third kappa shape index (κ3) is 8.52. The molecule has 0 aliphatic carbocycles. The van der Waals surface area contributed by atoms with Crippen LogP contribution in [0.15, 0.2) is 30.6 Å². The van der Waals surface area contributed by atoms with Crippen LogP contribution in [0.4, 0.5) is 4.79 Å². The number of hydrogen-bond donors (Lipinski definition) is 2. The van der Waals surface area contributed by atoms with Crippen LogP contribution in [0, 0.1) is 0 Å². The molecule has 0 fully saturated rings. The zero-order chi connectivity index (χ0) is 16.4. The largest absolute Gasteiger partial charge is 0.444 e. The van der Waals surface area contributed by atoms with Gasteiger partial charge in [-0.05, 0) is 38.8 Å². The maximum Gasteiger partial charge on any atom is 0.407 e. The molecule has 5 heteroatoms. The van der Waals surface area contributed by atoms with Gasteiger partial charge in [0.15, 0.2) is 0 Å². The van der Waals surface area contributed by atoms with Crippen LogP contribution in [0.2, 0.25) is 0 Å². The van der Waals surface area contributed by atoms with Crippen LogP contribution in [0.25, 0.3) is 0 Å². The Morgan fingerprint density at radius 2 is 2.05 bits per heavy atom. The predicted molar refractivity (Wildman–Crippen MR) is 89.8 cm³/mol. The molecule has 5 nitrogen and oxygen atoms in total. The van der Waals surface area contributed by atoms with Crippen LogP contribution < -0.4 is 10.6 Å². The molecule has 0 saturated carbocycles. The summed E-state index contributed by atoms with van der Waals surface area (Å²) in [5.74, 6) is 0. The van der Waals surface area contributed by atoms with Crippen molar-refractivity contribution in [3.05, 3.63) is 36.2 Å². The minimum atomic E-state index is -0.455. The maximum absolute atomic E-state index is 11.4. The number of nitrogens with zero attached hydrogens (tertiary/aromatic N) is 1. The fraction of sp³-hybridized carbons (Fsp3) is 0.588. The molecule has 22 heavy (non-hydrogen) atoms. The van der Waals surface area contributed by atoms with Gasteiger partial charge in [0, 0.05) is 38.6 Å². The summed E-state index contributed by atoms with van der Waals surface area (Å²) in [5.41, 5.74) is 0.831. The number of ether oxygens (including phenoxy) is 1. The maximum atomic E-state index is 11.4. The molecule has 0 spiro atoms. The highest BCUT2D eigenvalue weighted by Gasteiger charge is 2.14. The fourth-order valence-corrected chi connectivity index (χ4v) is 1.92. The van der Waals surface area contributed by atoms with Crippen molar-refractivity contribution in [1.82, 2.24) is 15.2 Å². The highest BCUT2D eigenvalue weighted by atomic mass is 16.6. The van der Waals surface area contributed by atoms with E-state index in [1.54, 1.807) is 0 Å². The Morgan fingerprint density at radius 1 is 1.32 bits per heavy atom. The Morgan fingerprint density at radius 3 is 2.73 bits per heavy atom. The Balaban J connectivity index is 2.10. The van der Waals surface area contributed by atoms with Gasteiger partial charge in [0.1, 0.15) is 5.60 Å². The number of nitrogens with one attached hydrogen (secondary N) is 2. The summed E-state index contributed by atoms with van der Waals surface area (Å²) < 4.78 is 7.35. The number of aromatic nitrogens is 1. The number of hydrogen-bond acceptors (Lipinski definition) is 3. The lowest BCUT2D eigenvalue weighted by Gasteiger charge is -2.19. The van der Waals surface area contributed by atoms with E-state index in [9.17, 15) is 4.79 Å². The lowest BCUT2D eigenvalue weighted by atomic mass is 10.2. The average molecular weight is 307 g/mol. The second-order valence-corrected chi connectivity index (χ2v) is 6.24. The highest BCUT2D eigenvalue weighted by Crippen LogP contribution is 2.06. The van der Waals surface area contributed by atoms with Gasteiger partial charge in [0.05, 0.1) is 0 Å². The first-order chi connectivity index (χ1) is 10.4. The van der Waals surface area contributed by atoms with Crippen molar-refractivity contribution in [2.24, 2.45) is 0 Å². The molecule has 0 aliphatic rings. The van der Waals surface area contributed by atoms with E-state index in [0.29, 0.717) is 6.54 Å². The first kappa shape index (κ1) is 18.3. The summed E-state index contributed by atoms with van der Waals surface area (Å²) in [6.45, 7) is 10.9. The second kappa shape index (κ2) is 9.30. The zero-order valence-electron chi connectivity index (χ0n) is 14.2. The zero-order valence-corrected chi connectivity index (χ0v) is 14.2. The summed E-state index contributed by atoms with van der Waals surface area (Å²) in [6, 6.07) is 2.14. The van der Waals surface area contributed by atoms with Crippen LogP contribution in [0.1, 0.15) is 39.7 Å². The quantitative estimate of drug-likeness (QED) is 0.573. The summed E-state index contributed by atoms with van der Waals surface area (Å²) in [6.07, 6.45) is 8.96. The van der Waals surface area contributed by atoms with Crippen LogP contribution in [-0.2, 0) is 17.8 Å². The van der Waals surface area contributed by atoms with E-state index >= 15 is 0 Å². The van der Waals surface area contributed by atoms with Gasteiger partial charge in [-0.2, -0.15) is 0 Å². The summed E-state index contributed by atoms with van der Waals surface area (Å²) in [4.78, 5) is 11.4. The number of amides is 1. The van der Waals surface area contributed by atoms with Crippen LogP contribution in [0.5, 0.6) is 0 Å². The smallest absolute Gasteiger partial charge is 0.407 e. The van der Waals surface area contributed by atoms with Gasteiger partial charge < -0.3 is 19.9 Å². The van der Waals surface area contributed by atoms with E-state index in [0.717, 1.165) is 26.1 Å². The Bertz CT molecular complexity index is 472. The van der Waals surface area contributed by atoms with Crippen molar-refractivity contribution in [2.75, 3.05) is 13.1 Å². The molecule has 2 N–H and O–H groups in total. The van der Waals surface area contributed by atoms with E-state index < -0.39 is 5.60 Å². The van der Waals surface area contributed by atoms with E-state index in [4.69, 9.17) is 4.74 Å². The molecule has 0 radical (unpaired) electrons. The molecular formula is C17H29N3O2. The Labute approximate surface area is 133 Å². The third-order valence-electron chi connectivity index (χ3n) is 2.81. The summed E-state index contributed by atoms with van der Waals surface area (Å²) in [7, 11) is 0. The minimum Gasteiger partial charge on any atom is -0.444 e. The van der Waals surface area contributed by atoms with Gasteiger partial charge in [-0.3, -0.25) is 0 Å². The van der Waals surface area contributed by atoms with Crippen molar-refractivity contribution in [1.29, 1.82) is 0 Å². The molecule has 1 aromatic rings. The SMILES string of the molecule is CCCn1ccc(CNC/C=C/CNC(=O)OC(C)(C)C)c1. The number of carbonyl (C=O) groups is 1. The fourth-order valence-electron chi connectivity index (χ4n) is 1.92. The Hall–Kier alpha value is -1.75. The molecule has 124 valence electrons. The molecule has 1 rings (SSSR count). The number of carbonyl (C=O) groups excluding carboxylic acids is 1. The van der Waals surface area contributed by atoms with Crippen LogP contribution in [0.3, 0.4) is 0 Å². The van der Waals surface area contributed by atoms with E-state index in [1.165, 1.54) is 5.56 Å². The number of aryl methyl sites for hydroxylation is 1. The van der Waals surface area contributed by atoms with Gasteiger partial charge in [-0.1, -0.05) is 19.1 Å². The second-order valence-electron chi connectivity index (χ2n) is 6.24. The number of alkyl carbamates (subject to hydrolysis) is 1. The standard InChI is InChI=1S/C17H29N3O2/c1-5-11-20-12-8-15(14-20)13-18-9-6-7-10-19-16(21)22-17(2,3)4/h6-8,12,14,18H,5,9-11,13H2,1-4H3,(H,19,21)/b7-6+. The third-order valence-corrected chi connectivity index (χ3v) is 2.81. The van der Waals surface area contributed by atoms with Crippen molar-refractivity contribution in [2.45, 2.75) is 52.8 Å². The molecular weight excluding hydrogens is 278 g/mol. The topological polar surface area (TPSA) is 55.3 Å². The van der Waals surface area contributed by atoms with Crippen LogP contribution >= 0.6 is 0 Å². The van der Waals surface area contributed by atoms with Gasteiger partial charge in [0.25, 0.3) is 0 Å². The highest BCUT2D eigenvalue weighted by molar-refractivity contribution is 5.67. The van der Waals surface area contributed by atoms with E-state index in [2.05, 4.69) is 40.6 Å². The molecule has 0 atom stereocenters. The van der Waals surface area contributed by atoms with Crippen molar-refractivity contribution >= 4 is 6.09 Å².